The highest BCUT2D eigenvalue weighted by Gasteiger charge is 2.30. The Balaban J connectivity index is 1.80. The summed E-state index contributed by atoms with van der Waals surface area (Å²) in [6.45, 7) is 0.538. The van der Waals surface area contributed by atoms with E-state index in [1.54, 1.807) is 6.26 Å². The molecule has 1 aromatic rings. The first-order valence-corrected chi connectivity index (χ1v) is 6.80. The highest BCUT2D eigenvalue weighted by atomic mass is 16.3. The Bertz CT molecular complexity index is 399. The van der Waals surface area contributed by atoms with Gasteiger partial charge in [-0.05, 0) is 45.0 Å². The van der Waals surface area contributed by atoms with Crippen molar-refractivity contribution < 1.29 is 9.21 Å². The van der Waals surface area contributed by atoms with Crippen LogP contribution in [0.15, 0.2) is 22.8 Å². The van der Waals surface area contributed by atoms with E-state index in [1.807, 2.05) is 31.1 Å². The molecule has 0 aliphatic heterocycles. The van der Waals surface area contributed by atoms with Crippen LogP contribution in [0.3, 0.4) is 0 Å². The summed E-state index contributed by atoms with van der Waals surface area (Å²) in [5.74, 6) is 1.44. The second-order valence-electron chi connectivity index (χ2n) is 5.50. The molecule has 3 N–H and O–H groups in total. The fourth-order valence-corrected chi connectivity index (χ4v) is 2.21. The van der Waals surface area contributed by atoms with Gasteiger partial charge in [0.2, 0.25) is 5.91 Å². The van der Waals surface area contributed by atoms with Crippen molar-refractivity contribution in [3.63, 3.8) is 0 Å². The van der Waals surface area contributed by atoms with Gasteiger partial charge in [-0.25, -0.2) is 0 Å². The molecule has 2 rings (SSSR count). The molecule has 1 saturated carbocycles. The molecule has 5 nitrogen and oxygen atoms in total. The quantitative estimate of drug-likeness (QED) is 0.775. The van der Waals surface area contributed by atoms with Gasteiger partial charge in [0.1, 0.15) is 5.76 Å². The molecule has 0 bridgehead atoms. The second kappa shape index (κ2) is 6.21. The number of nitrogens with two attached hydrogens (primary N) is 1. The Morgan fingerprint density at radius 2 is 2.32 bits per heavy atom. The van der Waals surface area contributed by atoms with Gasteiger partial charge >= 0.3 is 0 Å². The Morgan fingerprint density at radius 1 is 1.58 bits per heavy atom. The van der Waals surface area contributed by atoms with Gasteiger partial charge in [-0.1, -0.05) is 0 Å². The number of amides is 1. The van der Waals surface area contributed by atoms with Crippen molar-refractivity contribution >= 4 is 5.91 Å². The van der Waals surface area contributed by atoms with Crippen LogP contribution in [0.25, 0.3) is 0 Å². The minimum Gasteiger partial charge on any atom is -0.468 e. The summed E-state index contributed by atoms with van der Waals surface area (Å²) in [6, 6.07) is 3.85. The van der Waals surface area contributed by atoms with Gasteiger partial charge in [0.15, 0.2) is 0 Å². The standard InChI is InChI=1S/C14H23N3O2/c1-17(2)12(13-4-3-7-19-13)9-16-14(18)8-11(15)10-5-6-10/h3-4,7,10-12H,5-6,8-9,15H2,1-2H3,(H,16,18). The second-order valence-corrected chi connectivity index (χ2v) is 5.50. The Morgan fingerprint density at radius 3 is 2.84 bits per heavy atom. The molecule has 1 aliphatic carbocycles. The predicted molar refractivity (Wildman–Crippen MR) is 73.5 cm³/mol. The molecular weight excluding hydrogens is 242 g/mol. The zero-order chi connectivity index (χ0) is 13.8. The van der Waals surface area contributed by atoms with E-state index in [1.165, 1.54) is 12.8 Å². The maximum Gasteiger partial charge on any atom is 0.221 e. The lowest BCUT2D eigenvalue weighted by Crippen LogP contribution is -2.37. The van der Waals surface area contributed by atoms with Gasteiger partial charge in [0.25, 0.3) is 0 Å². The van der Waals surface area contributed by atoms with Crippen molar-refractivity contribution in [2.45, 2.75) is 31.3 Å². The molecule has 0 saturated heterocycles. The number of rotatable bonds is 7. The minimum absolute atomic E-state index is 0.0152. The van der Waals surface area contributed by atoms with Crippen LogP contribution in [0.5, 0.6) is 0 Å². The molecule has 5 heteroatoms. The van der Waals surface area contributed by atoms with E-state index in [9.17, 15) is 4.79 Å². The first-order valence-electron chi connectivity index (χ1n) is 6.80. The minimum atomic E-state index is 0.0152. The fraction of sp³-hybridized carbons (Fsp3) is 0.643. The van der Waals surface area contributed by atoms with E-state index in [2.05, 4.69) is 5.32 Å². The van der Waals surface area contributed by atoms with Gasteiger partial charge in [-0.2, -0.15) is 0 Å². The predicted octanol–water partition coefficient (Wildman–Crippen LogP) is 1.13. The molecule has 106 valence electrons. The molecule has 0 aromatic carbocycles. The number of likely N-dealkylation sites (N-methyl/N-ethyl adjacent to an activating group) is 1. The van der Waals surface area contributed by atoms with E-state index in [4.69, 9.17) is 10.2 Å². The van der Waals surface area contributed by atoms with Crippen molar-refractivity contribution in [1.82, 2.24) is 10.2 Å². The molecule has 0 spiro atoms. The van der Waals surface area contributed by atoms with Crippen LogP contribution >= 0.6 is 0 Å². The summed E-state index contributed by atoms with van der Waals surface area (Å²) in [5, 5.41) is 2.95. The third-order valence-corrected chi connectivity index (χ3v) is 3.64. The van der Waals surface area contributed by atoms with Crippen molar-refractivity contribution in [2.24, 2.45) is 11.7 Å². The van der Waals surface area contributed by atoms with Crippen molar-refractivity contribution in [3.8, 4) is 0 Å². The fourth-order valence-electron chi connectivity index (χ4n) is 2.21. The number of hydrogen-bond acceptors (Lipinski definition) is 4. The molecule has 1 amide bonds. The average molecular weight is 265 g/mol. The molecule has 19 heavy (non-hydrogen) atoms. The lowest BCUT2D eigenvalue weighted by atomic mass is 10.1. The molecule has 1 heterocycles. The van der Waals surface area contributed by atoms with E-state index >= 15 is 0 Å². The maximum absolute atomic E-state index is 11.8. The number of nitrogens with one attached hydrogen (secondary N) is 1. The number of carbonyl (C=O) groups excluding carboxylic acids is 1. The van der Waals surface area contributed by atoms with Crippen LogP contribution in [0, 0.1) is 5.92 Å². The lowest BCUT2D eigenvalue weighted by molar-refractivity contribution is -0.121. The summed E-state index contributed by atoms with van der Waals surface area (Å²) >= 11 is 0. The Labute approximate surface area is 114 Å². The number of nitrogens with zero attached hydrogens (tertiary/aromatic N) is 1. The van der Waals surface area contributed by atoms with Crippen molar-refractivity contribution in [2.75, 3.05) is 20.6 Å². The van der Waals surface area contributed by atoms with E-state index in [0.717, 1.165) is 5.76 Å². The average Bonchev–Trinajstić information content (AvgIpc) is 3.07. The highest BCUT2D eigenvalue weighted by Crippen LogP contribution is 2.32. The molecule has 1 aliphatic rings. The summed E-state index contributed by atoms with van der Waals surface area (Å²) < 4.78 is 5.40. The normalized spacial score (nSPS) is 18.3. The summed E-state index contributed by atoms with van der Waals surface area (Å²) in [7, 11) is 3.94. The van der Waals surface area contributed by atoms with Crippen LogP contribution in [-0.2, 0) is 4.79 Å². The Hall–Kier alpha value is -1.33. The molecule has 0 radical (unpaired) electrons. The third-order valence-electron chi connectivity index (χ3n) is 3.64. The van der Waals surface area contributed by atoms with Gasteiger partial charge < -0.3 is 15.5 Å². The number of furan rings is 1. The summed E-state index contributed by atoms with van der Waals surface area (Å²) in [6.07, 6.45) is 4.40. The number of carbonyl (C=O) groups is 1. The lowest BCUT2D eigenvalue weighted by Gasteiger charge is -2.23. The maximum atomic E-state index is 11.8. The molecule has 1 aromatic heterocycles. The summed E-state index contributed by atoms with van der Waals surface area (Å²) in [4.78, 5) is 13.9. The van der Waals surface area contributed by atoms with Crippen LogP contribution in [0.4, 0.5) is 0 Å². The van der Waals surface area contributed by atoms with Crippen LogP contribution in [-0.4, -0.2) is 37.5 Å². The molecular formula is C14H23N3O2. The van der Waals surface area contributed by atoms with Crippen molar-refractivity contribution in [1.29, 1.82) is 0 Å². The largest absolute Gasteiger partial charge is 0.468 e. The van der Waals surface area contributed by atoms with Crippen molar-refractivity contribution in [3.05, 3.63) is 24.2 Å². The first kappa shape index (κ1) is 14.1. The Kier molecular flexibility index (Phi) is 4.61. The third kappa shape index (κ3) is 4.08. The van der Waals surface area contributed by atoms with E-state index in [0.29, 0.717) is 18.9 Å². The van der Waals surface area contributed by atoms with Gasteiger partial charge in [0, 0.05) is 19.0 Å². The zero-order valence-corrected chi connectivity index (χ0v) is 11.6. The van der Waals surface area contributed by atoms with E-state index in [-0.39, 0.29) is 18.0 Å². The van der Waals surface area contributed by atoms with Gasteiger partial charge in [-0.3, -0.25) is 9.69 Å². The molecule has 2 atom stereocenters. The highest BCUT2D eigenvalue weighted by molar-refractivity contribution is 5.76. The molecule has 2 unspecified atom stereocenters. The SMILES string of the molecule is CN(C)C(CNC(=O)CC(N)C1CC1)c1ccco1. The first-order chi connectivity index (χ1) is 9.08. The smallest absolute Gasteiger partial charge is 0.221 e. The van der Waals surface area contributed by atoms with Gasteiger partial charge in [-0.15, -0.1) is 0 Å². The summed E-state index contributed by atoms with van der Waals surface area (Å²) in [5.41, 5.74) is 5.95. The van der Waals surface area contributed by atoms with Crippen LogP contribution in [0.2, 0.25) is 0 Å². The topological polar surface area (TPSA) is 71.5 Å². The monoisotopic (exact) mass is 265 g/mol. The zero-order valence-electron chi connectivity index (χ0n) is 11.6. The van der Waals surface area contributed by atoms with Gasteiger partial charge in [0.05, 0.1) is 12.3 Å². The van der Waals surface area contributed by atoms with Crippen LogP contribution in [0.1, 0.15) is 31.1 Å². The molecule has 1 fully saturated rings. The van der Waals surface area contributed by atoms with E-state index < -0.39 is 0 Å². The van der Waals surface area contributed by atoms with Crippen LogP contribution < -0.4 is 11.1 Å². The number of hydrogen-bond donors (Lipinski definition) is 2.